The van der Waals surface area contributed by atoms with Crippen LogP contribution in [-0.4, -0.2) is 31.5 Å². The second-order valence-electron chi connectivity index (χ2n) is 5.15. The van der Waals surface area contributed by atoms with Gasteiger partial charge in [-0.1, -0.05) is 42.1 Å². The molecule has 130 valence electrons. The fourth-order valence-corrected chi connectivity index (χ4v) is 3.32. The highest BCUT2D eigenvalue weighted by molar-refractivity contribution is 8.26. The smallest absolute Gasteiger partial charge is 0.286 e. The van der Waals surface area contributed by atoms with Gasteiger partial charge in [0.2, 0.25) is 0 Å². The van der Waals surface area contributed by atoms with Gasteiger partial charge < -0.3 is 5.11 Å². The minimum Gasteiger partial charge on any atom is -0.507 e. The van der Waals surface area contributed by atoms with Gasteiger partial charge in [-0.15, -0.1) is 0 Å². The Morgan fingerprint density at radius 3 is 2.73 bits per heavy atom. The molecule has 1 amide bonds. The molecule has 0 unspecified atom stereocenters. The lowest BCUT2D eigenvalue weighted by molar-refractivity contribution is -0.384. The van der Waals surface area contributed by atoms with Crippen LogP contribution in [-0.2, 0) is 4.79 Å². The Morgan fingerprint density at radius 1 is 1.23 bits per heavy atom. The summed E-state index contributed by atoms with van der Waals surface area (Å²) in [5.41, 5.74) is 0.896. The fourth-order valence-electron chi connectivity index (χ4n) is 2.15. The van der Waals surface area contributed by atoms with Gasteiger partial charge in [-0.3, -0.25) is 14.9 Å². The zero-order valence-corrected chi connectivity index (χ0v) is 14.7. The summed E-state index contributed by atoms with van der Waals surface area (Å²) in [7, 11) is 0. The number of carbonyl (C=O) groups is 1. The van der Waals surface area contributed by atoms with Crippen molar-refractivity contribution in [3.63, 3.8) is 0 Å². The van der Waals surface area contributed by atoms with Crippen LogP contribution < -0.4 is 0 Å². The molecular formula is C17H11N3O4S2. The van der Waals surface area contributed by atoms with Gasteiger partial charge in [0.05, 0.1) is 16.0 Å². The van der Waals surface area contributed by atoms with Crippen LogP contribution in [0.5, 0.6) is 5.75 Å². The maximum atomic E-state index is 12.5. The van der Waals surface area contributed by atoms with Crippen LogP contribution in [0.15, 0.2) is 58.5 Å². The van der Waals surface area contributed by atoms with E-state index in [4.69, 9.17) is 12.2 Å². The van der Waals surface area contributed by atoms with Crippen LogP contribution in [0.3, 0.4) is 0 Å². The van der Waals surface area contributed by atoms with Gasteiger partial charge in [0.25, 0.3) is 11.6 Å². The highest BCUT2D eigenvalue weighted by Crippen LogP contribution is 2.34. The van der Waals surface area contributed by atoms with E-state index in [-0.39, 0.29) is 15.8 Å². The number of hydrogen-bond acceptors (Lipinski definition) is 7. The minimum absolute atomic E-state index is 0.0536. The molecule has 1 aliphatic rings. The number of non-ortho nitro benzene ring substituents is 1. The Kier molecular flexibility index (Phi) is 5.10. The quantitative estimate of drug-likeness (QED) is 0.284. The molecule has 0 spiro atoms. The van der Waals surface area contributed by atoms with Crippen molar-refractivity contribution in [2.75, 3.05) is 0 Å². The van der Waals surface area contributed by atoms with E-state index < -0.39 is 10.8 Å². The number of para-hydroxylation sites is 1. The lowest BCUT2D eigenvalue weighted by atomic mass is 10.2. The highest BCUT2D eigenvalue weighted by Gasteiger charge is 2.32. The number of nitro benzene ring substituents is 1. The van der Waals surface area contributed by atoms with E-state index in [9.17, 15) is 20.0 Å². The molecule has 0 saturated carbocycles. The van der Waals surface area contributed by atoms with Gasteiger partial charge in [-0.2, -0.15) is 10.1 Å². The van der Waals surface area contributed by atoms with Crippen molar-refractivity contribution in [1.82, 2.24) is 5.01 Å². The summed E-state index contributed by atoms with van der Waals surface area (Å²) in [6.45, 7) is 0. The molecule has 3 rings (SSSR count). The maximum Gasteiger partial charge on any atom is 0.286 e. The summed E-state index contributed by atoms with van der Waals surface area (Å²) in [4.78, 5) is 23.1. The molecule has 0 bridgehead atoms. The van der Waals surface area contributed by atoms with Crippen molar-refractivity contribution in [1.29, 1.82) is 0 Å². The van der Waals surface area contributed by atoms with Crippen LogP contribution in [0, 0.1) is 10.1 Å². The van der Waals surface area contributed by atoms with Crippen LogP contribution in [0.4, 0.5) is 5.69 Å². The van der Waals surface area contributed by atoms with Crippen LogP contribution in [0.2, 0.25) is 0 Å². The largest absolute Gasteiger partial charge is 0.507 e. The first-order valence-corrected chi connectivity index (χ1v) is 8.52. The number of thiocarbonyl (C=S) groups is 1. The van der Waals surface area contributed by atoms with E-state index in [1.807, 2.05) is 0 Å². The number of phenolic OH excluding ortho intramolecular Hbond substituents is 1. The molecule has 26 heavy (non-hydrogen) atoms. The Hall–Kier alpha value is -3.04. The molecule has 1 heterocycles. The fraction of sp³-hybridized carbons (Fsp3) is 0. The molecular weight excluding hydrogens is 374 g/mol. The highest BCUT2D eigenvalue weighted by atomic mass is 32.2. The van der Waals surface area contributed by atoms with E-state index in [1.54, 1.807) is 24.3 Å². The van der Waals surface area contributed by atoms with Gasteiger partial charge in [-0.25, -0.2) is 0 Å². The molecule has 1 saturated heterocycles. The first-order chi connectivity index (χ1) is 12.5. The van der Waals surface area contributed by atoms with Gasteiger partial charge in [-0.05, 0) is 24.4 Å². The molecule has 2 aromatic rings. The van der Waals surface area contributed by atoms with Crippen molar-refractivity contribution in [2.24, 2.45) is 5.10 Å². The molecule has 1 N–H and O–H groups in total. The number of benzene rings is 2. The molecule has 0 aromatic heterocycles. The second-order valence-corrected chi connectivity index (χ2v) is 6.82. The molecule has 0 radical (unpaired) electrons. The SMILES string of the molecule is O=C1C(=Cc2ccccc2O)SC(=S)N1N=Cc1cccc([N+](=O)[O-])c1. The molecule has 1 fully saturated rings. The summed E-state index contributed by atoms with van der Waals surface area (Å²) < 4.78 is 0.235. The number of rotatable bonds is 4. The summed E-state index contributed by atoms with van der Waals surface area (Å²) >= 11 is 6.23. The van der Waals surface area contributed by atoms with Gasteiger partial charge >= 0.3 is 0 Å². The van der Waals surface area contributed by atoms with E-state index in [2.05, 4.69) is 5.10 Å². The minimum atomic E-state index is -0.508. The van der Waals surface area contributed by atoms with Crippen molar-refractivity contribution < 1.29 is 14.8 Å². The molecule has 7 nitrogen and oxygen atoms in total. The Balaban J connectivity index is 1.83. The number of carbonyl (C=O) groups excluding carboxylic acids is 1. The number of hydrazone groups is 1. The van der Waals surface area contributed by atoms with E-state index in [0.29, 0.717) is 16.0 Å². The zero-order chi connectivity index (χ0) is 18.7. The average Bonchev–Trinajstić information content (AvgIpc) is 2.89. The summed E-state index contributed by atoms with van der Waals surface area (Å²) in [5.74, 6) is -0.372. The molecule has 0 atom stereocenters. The summed E-state index contributed by atoms with van der Waals surface area (Å²) in [6, 6.07) is 12.5. The number of amides is 1. The molecule has 1 aliphatic heterocycles. The first-order valence-electron chi connectivity index (χ1n) is 7.30. The Bertz CT molecular complexity index is 972. The molecule has 9 heteroatoms. The predicted octanol–water partition coefficient (Wildman–Crippen LogP) is 3.54. The van der Waals surface area contributed by atoms with Crippen LogP contribution in [0.25, 0.3) is 6.08 Å². The van der Waals surface area contributed by atoms with Crippen molar-refractivity contribution >= 4 is 52.2 Å². The number of aromatic hydroxyl groups is 1. The normalized spacial score (nSPS) is 16.0. The average molecular weight is 385 g/mol. The standard InChI is InChI=1S/C17H11N3O4S2/c21-14-7-2-1-5-12(14)9-15-16(22)19(17(25)26-15)18-10-11-4-3-6-13(8-11)20(23)24/h1-10,21H. The summed E-state index contributed by atoms with van der Waals surface area (Å²) in [6.07, 6.45) is 2.87. The number of nitrogens with zero attached hydrogens (tertiary/aromatic N) is 3. The number of phenols is 1. The predicted molar refractivity (Wildman–Crippen MR) is 104 cm³/mol. The Labute approximate surface area is 157 Å². The van der Waals surface area contributed by atoms with Crippen molar-refractivity contribution in [3.8, 4) is 5.75 Å². The van der Waals surface area contributed by atoms with Crippen molar-refractivity contribution in [2.45, 2.75) is 0 Å². The molecule has 2 aromatic carbocycles. The van der Waals surface area contributed by atoms with Crippen LogP contribution >= 0.6 is 24.0 Å². The monoisotopic (exact) mass is 385 g/mol. The van der Waals surface area contributed by atoms with Gasteiger partial charge in [0, 0.05) is 23.3 Å². The van der Waals surface area contributed by atoms with Crippen molar-refractivity contribution in [3.05, 3.63) is 74.7 Å². The third-order valence-corrected chi connectivity index (χ3v) is 4.68. The zero-order valence-electron chi connectivity index (χ0n) is 13.1. The maximum absolute atomic E-state index is 12.5. The lowest BCUT2D eigenvalue weighted by Crippen LogP contribution is -2.22. The van der Waals surface area contributed by atoms with E-state index in [1.165, 1.54) is 36.6 Å². The van der Waals surface area contributed by atoms with E-state index >= 15 is 0 Å². The third kappa shape index (κ3) is 3.79. The number of nitro groups is 1. The summed E-state index contributed by atoms with van der Waals surface area (Å²) in [5, 5.41) is 25.7. The first kappa shape index (κ1) is 17.8. The van der Waals surface area contributed by atoms with Gasteiger partial charge in [0.1, 0.15) is 5.75 Å². The van der Waals surface area contributed by atoms with Crippen LogP contribution in [0.1, 0.15) is 11.1 Å². The lowest BCUT2D eigenvalue weighted by Gasteiger charge is -2.06. The van der Waals surface area contributed by atoms with E-state index in [0.717, 1.165) is 16.8 Å². The second kappa shape index (κ2) is 7.46. The third-order valence-electron chi connectivity index (χ3n) is 3.40. The Morgan fingerprint density at radius 2 is 2.00 bits per heavy atom. The van der Waals surface area contributed by atoms with Gasteiger partial charge in [0.15, 0.2) is 4.32 Å². The molecule has 0 aliphatic carbocycles. The number of thioether (sulfide) groups is 1. The topological polar surface area (TPSA) is 96.0 Å². The number of hydrogen-bond donors (Lipinski definition) is 1.